The van der Waals surface area contributed by atoms with Crippen LogP contribution < -0.4 is 5.32 Å². The van der Waals surface area contributed by atoms with Gasteiger partial charge in [-0.2, -0.15) is 5.10 Å². The largest absolute Gasteiger partial charge is 0.313 e. The lowest BCUT2D eigenvalue weighted by atomic mass is 10.2. The number of thiophene rings is 1. The number of amides is 1. The molecule has 1 amide bonds. The number of anilines is 1. The molecule has 4 rings (SSSR count). The standard InChI is InChI=1S/C18H11F3N4OS2/c1-25-13(8-12(24-25)18-22-4-5-27-18)14-2-3-15(28-14)23-17(26)16-10(20)6-9(19)7-11(16)21/h2-8H,1H3,(H,23,26). The Bertz CT molecular complexity index is 1140. The lowest BCUT2D eigenvalue weighted by molar-refractivity contribution is 0.101. The number of nitrogens with zero attached hydrogens (tertiary/aromatic N) is 3. The van der Waals surface area contributed by atoms with Gasteiger partial charge in [0.1, 0.15) is 33.7 Å². The highest BCUT2D eigenvalue weighted by atomic mass is 32.1. The minimum atomic E-state index is -1.26. The van der Waals surface area contributed by atoms with Crippen molar-refractivity contribution in [1.82, 2.24) is 14.8 Å². The van der Waals surface area contributed by atoms with E-state index in [1.165, 1.54) is 22.7 Å². The van der Waals surface area contributed by atoms with E-state index in [9.17, 15) is 18.0 Å². The van der Waals surface area contributed by atoms with Crippen LogP contribution in [0.5, 0.6) is 0 Å². The fourth-order valence-electron chi connectivity index (χ4n) is 2.63. The molecule has 0 saturated carbocycles. The van der Waals surface area contributed by atoms with Crippen molar-refractivity contribution >= 4 is 33.6 Å². The summed E-state index contributed by atoms with van der Waals surface area (Å²) >= 11 is 2.69. The molecule has 0 spiro atoms. The minimum absolute atomic E-state index is 0.389. The molecule has 0 aliphatic rings. The second kappa shape index (κ2) is 7.21. The Balaban J connectivity index is 1.58. The maximum Gasteiger partial charge on any atom is 0.262 e. The van der Waals surface area contributed by atoms with Gasteiger partial charge in [0, 0.05) is 30.8 Å². The minimum Gasteiger partial charge on any atom is -0.313 e. The van der Waals surface area contributed by atoms with Crippen molar-refractivity contribution in [2.45, 2.75) is 0 Å². The summed E-state index contributed by atoms with van der Waals surface area (Å²) in [5, 5.41) is 9.90. The van der Waals surface area contributed by atoms with E-state index in [1.807, 2.05) is 11.4 Å². The van der Waals surface area contributed by atoms with Gasteiger partial charge >= 0.3 is 0 Å². The predicted octanol–water partition coefficient (Wildman–Crippen LogP) is 4.94. The Morgan fingerprint density at radius 3 is 2.57 bits per heavy atom. The van der Waals surface area contributed by atoms with Crippen LogP contribution in [0.1, 0.15) is 10.4 Å². The van der Waals surface area contributed by atoms with Crippen LogP contribution >= 0.6 is 22.7 Å². The first-order valence-corrected chi connectivity index (χ1v) is 9.62. The molecule has 1 aromatic carbocycles. The van der Waals surface area contributed by atoms with Crippen LogP contribution in [0, 0.1) is 17.5 Å². The number of nitrogens with one attached hydrogen (secondary N) is 1. The molecular formula is C18H11F3N4OS2. The molecule has 0 saturated heterocycles. The van der Waals surface area contributed by atoms with Gasteiger partial charge in [-0.3, -0.25) is 9.48 Å². The molecule has 3 aromatic heterocycles. The van der Waals surface area contributed by atoms with Gasteiger partial charge in [0.15, 0.2) is 0 Å². The highest BCUT2D eigenvalue weighted by molar-refractivity contribution is 7.19. The third-order valence-corrected chi connectivity index (χ3v) is 5.68. The molecule has 4 aromatic rings. The maximum atomic E-state index is 13.8. The van der Waals surface area contributed by atoms with Crippen LogP contribution in [0.2, 0.25) is 0 Å². The SMILES string of the molecule is Cn1nc(-c2nccs2)cc1-c1ccc(NC(=O)c2c(F)cc(F)cc2F)s1. The van der Waals surface area contributed by atoms with Crippen LogP contribution in [0.15, 0.2) is 41.9 Å². The normalized spacial score (nSPS) is 11.0. The zero-order chi connectivity index (χ0) is 19.8. The number of benzene rings is 1. The first-order valence-electron chi connectivity index (χ1n) is 7.92. The van der Waals surface area contributed by atoms with Crippen LogP contribution in [0.4, 0.5) is 18.2 Å². The molecule has 3 heterocycles. The highest BCUT2D eigenvalue weighted by Crippen LogP contribution is 2.34. The van der Waals surface area contributed by atoms with Crippen molar-refractivity contribution < 1.29 is 18.0 Å². The van der Waals surface area contributed by atoms with E-state index in [4.69, 9.17) is 0 Å². The summed E-state index contributed by atoms with van der Waals surface area (Å²) in [6.45, 7) is 0. The average Bonchev–Trinajstić information content (AvgIpc) is 3.34. The van der Waals surface area contributed by atoms with Crippen molar-refractivity contribution in [2.24, 2.45) is 7.05 Å². The van der Waals surface area contributed by atoms with Crippen LogP contribution in [0.3, 0.4) is 0 Å². The number of hydrogen-bond acceptors (Lipinski definition) is 5. The van der Waals surface area contributed by atoms with Crippen molar-refractivity contribution in [1.29, 1.82) is 0 Å². The Kier molecular flexibility index (Phi) is 4.73. The number of carbonyl (C=O) groups excluding carboxylic acids is 1. The molecule has 10 heteroatoms. The fourth-order valence-corrected chi connectivity index (χ4v) is 4.17. The van der Waals surface area contributed by atoms with Gasteiger partial charge in [0.25, 0.3) is 5.91 Å². The summed E-state index contributed by atoms with van der Waals surface area (Å²) in [5.74, 6) is -4.59. The van der Waals surface area contributed by atoms with Crippen LogP contribution in [-0.2, 0) is 7.05 Å². The van der Waals surface area contributed by atoms with Gasteiger partial charge in [0.05, 0.1) is 15.6 Å². The smallest absolute Gasteiger partial charge is 0.262 e. The molecule has 0 radical (unpaired) electrons. The number of hydrogen-bond donors (Lipinski definition) is 1. The Morgan fingerprint density at radius 2 is 1.89 bits per heavy atom. The van der Waals surface area contributed by atoms with Crippen molar-refractivity contribution in [3.8, 4) is 21.3 Å². The average molecular weight is 420 g/mol. The zero-order valence-electron chi connectivity index (χ0n) is 14.2. The van der Waals surface area contributed by atoms with Crippen LogP contribution in [-0.4, -0.2) is 20.7 Å². The summed E-state index contributed by atoms with van der Waals surface area (Å²) in [7, 11) is 1.79. The van der Waals surface area contributed by atoms with Gasteiger partial charge in [-0.05, 0) is 18.2 Å². The number of halogens is 3. The van der Waals surface area contributed by atoms with Gasteiger partial charge in [-0.15, -0.1) is 22.7 Å². The van der Waals surface area contributed by atoms with Crippen molar-refractivity contribution in [3.05, 3.63) is 64.9 Å². The lowest BCUT2D eigenvalue weighted by Gasteiger charge is -2.05. The molecule has 0 aliphatic heterocycles. The van der Waals surface area contributed by atoms with E-state index in [0.717, 1.165) is 21.3 Å². The quantitative estimate of drug-likeness (QED) is 0.509. The molecule has 0 aliphatic carbocycles. The fraction of sp³-hybridized carbons (Fsp3) is 0.0556. The summed E-state index contributed by atoms with van der Waals surface area (Å²) in [6, 6.07) is 6.18. The lowest BCUT2D eigenvalue weighted by Crippen LogP contribution is -2.15. The topological polar surface area (TPSA) is 59.8 Å². The summed E-state index contributed by atoms with van der Waals surface area (Å²) in [6.07, 6.45) is 1.70. The number of carbonyl (C=O) groups is 1. The van der Waals surface area contributed by atoms with E-state index in [-0.39, 0.29) is 0 Å². The number of aromatic nitrogens is 3. The van der Waals surface area contributed by atoms with Gasteiger partial charge in [-0.1, -0.05) is 0 Å². The van der Waals surface area contributed by atoms with E-state index < -0.39 is 28.9 Å². The number of aryl methyl sites for hydroxylation is 1. The highest BCUT2D eigenvalue weighted by Gasteiger charge is 2.20. The second-order valence-corrected chi connectivity index (χ2v) is 7.72. The molecule has 1 N–H and O–H groups in total. The Hall–Kier alpha value is -2.98. The van der Waals surface area contributed by atoms with Gasteiger partial charge in [0.2, 0.25) is 0 Å². The molecule has 0 fully saturated rings. The van der Waals surface area contributed by atoms with E-state index >= 15 is 0 Å². The van der Waals surface area contributed by atoms with Crippen molar-refractivity contribution in [2.75, 3.05) is 5.32 Å². The predicted molar refractivity (Wildman–Crippen MR) is 102 cm³/mol. The monoisotopic (exact) mass is 420 g/mol. The third kappa shape index (κ3) is 3.43. The molecule has 0 bridgehead atoms. The molecule has 5 nitrogen and oxygen atoms in total. The number of rotatable bonds is 4. The Labute approximate surface area is 165 Å². The van der Waals surface area contributed by atoms with Crippen LogP contribution in [0.25, 0.3) is 21.3 Å². The van der Waals surface area contributed by atoms with E-state index in [2.05, 4.69) is 15.4 Å². The summed E-state index contributed by atoms with van der Waals surface area (Å²) in [5.41, 5.74) is 0.694. The first kappa shape index (κ1) is 18.4. The van der Waals surface area contributed by atoms with Gasteiger partial charge in [-0.25, -0.2) is 18.2 Å². The zero-order valence-corrected chi connectivity index (χ0v) is 15.9. The molecular weight excluding hydrogens is 409 g/mol. The first-order chi connectivity index (χ1) is 13.4. The molecule has 0 atom stereocenters. The molecule has 28 heavy (non-hydrogen) atoms. The number of thiazole rings is 1. The second-order valence-electron chi connectivity index (χ2n) is 5.74. The Morgan fingerprint density at radius 1 is 1.14 bits per heavy atom. The van der Waals surface area contributed by atoms with E-state index in [0.29, 0.717) is 17.1 Å². The van der Waals surface area contributed by atoms with Crippen molar-refractivity contribution in [3.63, 3.8) is 0 Å². The maximum absolute atomic E-state index is 13.8. The summed E-state index contributed by atoms with van der Waals surface area (Å²) < 4.78 is 42.2. The van der Waals surface area contributed by atoms with Gasteiger partial charge < -0.3 is 5.32 Å². The third-order valence-electron chi connectivity index (χ3n) is 3.86. The molecule has 142 valence electrons. The molecule has 0 unspecified atom stereocenters. The summed E-state index contributed by atoms with van der Waals surface area (Å²) in [4.78, 5) is 17.2. The van der Waals surface area contributed by atoms with E-state index in [1.54, 1.807) is 30.1 Å².